The first-order valence-corrected chi connectivity index (χ1v) is 7.33. The van der Waals surface area contributed by atoms with Crippen LogP contribution in [0, 0.1) is 5.92 Å². The zero-order valence-corrected chi connectivity index (χ0v) is 12.8. The molecule has 0 aliphatic carbocycles. The third-order valence-corrected chi connectivity index (χ3v) is 4.42. The number of nitrogens with one attached hydrogen (secondary N) is 1. The monoisotopic (exact) mass is 294 g/mol. The summed E-state index contributed by atoms with van der Waals surface area (Å²) in [5.74, 6) is 0.587. The summed E-state index contributed by atoms with van der Waals surface area (Å²) in [6.07, 6.45) is 2.97. The van der Waals surface area contributed by atoms with E-state index in [1.54, 1.807) is 0 Å². The van der Waals surface area contributed by atoms with Crippen molar-refractivity contribution in [2.45, 2.75) is 38.8 Å². The van der Waals surface area contributed by atoms with Gasteiger partial charge in [0, 0.05) is 25.0 Å². The van der Waals surface area contributed by atoms with Gasteiger partial charge in [0.25, 0.3) is 0 Å². The Hall–Kier alpha value is -1.06. The van der Waals surface area contributed by atoms with Crippen molar-refractivity contribution >= 4 is 18.3 Å². The largest absolute Gasteiger partial charge is 0.338 e. The molecule has 0 aromatic heterocycles. The van der Waals surface area contributed by atoms with Crippen LogP contribution in [0.5, 0.6) is 0 Å². The van der Waals surface area contributed by atoms with Gasteiger partial charge < -0.3 is 10.2 Å². The molecule has 0 saturated carbocycles. The van der Waals surface area contributed by atoms with Crippen LogP contribution in [0.4, 0.5) is 0 Å². The summed E-state index contributed by atoms with van der Waals surface area (Å²) >= 11 is 0. The summed E-state index contributed by atoms with van der Waals surface area (Å²) in [6.45, 7) is 4.83. The van der Waals surface area contributed by atoms with Crippen LogP contribution >= 0.6 is 12.4 Å². The quantitative estimate of drug-likeness (QED) is 0.862. The molecule has 1 amide bonds. The number of carbonyl (C=O) groups excluding carboxylic acids is 1. The molecule has 4 heteroatoms. The van der Waals surface area contributed by atoms with Crippen LogP contribution in [0.3, 0.4) is 0 Å². The fourth-order valence-corrected chi connectivity index (χ4v) is 3.30. The van der Waals surface area contributed by atoms with Gasteiger partial charge in [-0.25, -0.2) is 0 Å². The number of hydrogen-bond donors (Lipinski definition) is 1. The molecule has 20 heavy (non-hydrogen) atoms. The Morgan fingerprint density at radius 1 is 1.30 bits per heavy atom. The first kappa shape index (κ1) is 15.3. The van der Waals surface area contributed by atoms with Crippen LogP contribution in [-0.4, -0.2) is 29.9 Å². The molecule has 2 atom stereocenters. The molecule has 1 saturated heterocycles. The zero-order chi connectivity index (χ0) is 13.2. The van der Waals surface area contributed by atoms with E-state index in [-0.39, 0.29) is 18.3 Å². The fraction of sp³-hybridized carbons (Fsp3) is 0.562. The van der Waals surface area contributed by atoms with Gasteiger partial charge >= 0.3 is 0 Å². The predicted molar refractivity (Wildman–Crippen MR) is 83.0 cm³/mol. The molecule has 2 aliphatic rings. The number of fused-ring (bicyclic) bond motifs is 1. The smallest absolute Gasteiger partial charge is 0.226 e. The summed E-state index contributed by atoms with van der Waals surface area (Å²) in [6, 6.07) is 8.97. The first-order valence-electron chi connectivity index (χ1n) is 7.33. The van der Waals surface area contributed by atoms with Gasteiger partial charge in [-0.15, -0.1) is 12.4 Å². The highest BCUT2D eigenvalue weighted by atomic mass is 35.5. The molecule has 1 N–H and O–H groups in total. The molecule has 0 bridgehead atoms. The van der Waals surface area contributed by atoms with Crippen molar-refractivity contribution in [3.63, 3.8) is 0 Å². The maximum Gasteiger partial charge on any atom is 0.226 e. The van der Waals surface area contributed by atoms with Crippen LogP contribution in [0.25, 0.3) is 0 Å². The van der Waals surface area contributed by atoms with Gasteiger partial charge in [-0.3, -0.25) is 4.79 Å². The average molecular weight is 295 g/mol. The topological polar surface area (TPSA) is 32.3 Å². The van der Waals surface area contributed by atoms with E-state index in [1.165, 1.54) is 11.1 Å². The SMILES string of the molecule is C[C@H]1C[C@@H](C(=O)N2CCc3ccccc3C2)CCN1.Cl. The molecule has 2 aliphatic heterocycles. The van der Waals surface area contributed by atoms with E-state index in [0.717, 1.165) is 38.9 Å². The lowest BCUT2D eigenvalue weighted by Gasteiger charge is -2.34. The Labute approximate surface area is 127 Å². The number of amides is 1. The second-order valence-electron chi connectivity index (χ2n) is 5.85. The fourth-order valence-electron chi connectivity index (χ4n) is 3.30. The number of piperidine rings is 1. The van der Waals surface area contributed by atoms with Crippen molar-refractivity contribution in [3.8, 4) is 0 Å². The summed E-state index contributed by atoms with van der Waals surface area (Å²) in [4.78, 5) is 14.7. The Kier molecular flexibility index (Phi) is 5.06. The highest BCUT2D eigenvalue weighted by Gasteiger charge is 2.30. The summed E-state index contributed by atoms with van der Waals surface area (Å²) in [5, 5.41) is 3.41. The zero-order valence-electron chi connectivity index (χ0n) is 12.0. The molecule has 0 radical (unpaired) electrons. The minimum atomic E-state index is 0. The van der Waals surface area contributed by atoms with Crippen molar-refractivity contribution in [1.29, 1.82) is 0 Å². The van der Waals surface area contributed by atoms with Crippen molar-refractivity contribution in [1.82, 2.24) is 10.2 Å². The van der Waals surface area contributed by atoms with Crippen molar-refractivity contribution in [3.05, 3.63) is 35.4 Å². The van der Waals surface area contributed by atoms with Gasteiger partial charge in [-0.2, -0.15) is 0 Å². The summed E-state index contributed by atoms with van der Waals surface area (Å²) in [5.41, 5.74) is 2.73. The third-order valence-electron chi connectivity index (χ3n) is 4.42. The van der Waals surface area contributed by atoms with Crippen LogP contribution in [-0.2, 0) is 17.8 Å². The van der Waals surface area contributed by atoms with Gasteiger partial charge in [0.2, 0.25) is 5.91 Å². The second-order valence-corrected chi connectivity index (χ2v) is 5.85. The van der Waals surface area contributed by atoms with E-state index in [0.29, 0.717) is 11.9 Å². The molecule has 0 unspecified atom stereocenters. The highest BCUT2D eigenvalue weighted by molar-refractivity contribution is 5.85. The number of rotatable bonds is 1. The second kappa shape index (κ2) is 6.59. The van der Waals surface area contributed by atoms with E-state index in [2.05, 4.69) is 41.4 Å². The molecule has 1 aromatic rings. The van der Waals surface area contributed by atoms with E-state index < -0.39 is 0 Å². The van der Waals surface area contributed by atoms with Gasteiger partial charge in [0.15, 0.2) is 0 Å². The van der Waals surface area contributed by atoms with Gasteiger partial charge in [0.1, 0.15) is 0 Å². The van der Waals surface area contributed by atoms with Crippen LogP contribution in [0.2, 0.25) is 0 Å². The van der Waals surface area contributed by atoms with Gasteiger partial charge in [0.05, 0.1) is 0 Å². The molecule has 3 rings (SSSR count). The highest BCUT2D eigenvalue weighted by Crippen LogP contribution is 2.24. The Morgan fingerprint density at radius 2 is 2.05 bits per heavy atom. The molecule has 2 heterocycles. The Bertz CT molecular complexity index is 477. The normalized spacial score (nSPS) is 25.6. The summed E-state index contributed by atoms with van der Waals surface area (Å²) in [7, 11) is 0. The number of carbonyl (C=O) groups is 1. The number of nitrogens with zero attached hydrogens (tertiary/aromatic N) is 1. The number of halogens is 1. The first-order chi connectivity index (χ1) is 9.24. The Balaban J connectivity index is 0.00000147. The maximum atomic E-state index is 12.6. The Morgan fingerprint density at radius 3 is 2.80 bits per heavy atom. The maximum absolute atomic E-state index is 12.6. The standard InChI is InChI=1S/C16H22N2O.ClH/c1-12-10-14(6-8-17-12)16(19)18-9-7-13-4-2-3-5-15(13)11-18;/h2-5,12,14,17H,6-11H2,1H3;1H/t12-,14-;/m0./s1. The van der Waals surface area contributed by atoms with Crippen molar-refractivity contribution in [2.24, 2.45) is 5.92 Å². The molecule has 0 spiro atoms. The minimum Gasteiger partial charge on any atom is -0.338 e. The van der Waals surface area contributed by atoms with E-state index in [4.69, 9.17) is 0 Å². The predicted octanol–water partition coefficient (Wildman–Crippen LogP) is 2.38. The number of benzene rings is 1. The lowest BCUT2D eigenvalue weighted by molar-refractivity contribution is -0.137. The lowest BCUT2D eigenvalue weighted by atomic mass is 9.90. The van der Waals surface area contributed by atoms with Crippen LogP contribution < -0.4 is 5.32 Å². The van der Waals surface area contributed by atoms with Gasteiger partial charge in [-0.1, -0.05) is 24.3 Å². The minimum absolute atomic E-state index is 0. The van der Waals surface area contributed by atoms with Crippen LogP contribution in [0.1, 0.15) is 30.9 Å². The van der Waals surface area contributed by atoms with Gasteiger partial charge in [-0.05, 0) is 43.9 Å². The summed E-state index contributed by atoms with van der Waals surface area (Å²) < 4.78 is 0. The van der Waals surface area contributed by atoms with E-state index >= 15 is 0 Å². The molecular weight excluding hydrogens is 272 g/mol. The molecular formula is C16H23ClN2O. The molecule has 1 aromatic carbocycles. The van der Waals surface area contributed by atoms with Crippen molar-refractivity contribution in [2.75, 3.05) is 13.1 Å². The number of hydrogen-bond acceptors (Lipinski definition) is 2. The third kappa shape index (κ3) is 3.15. The van der Waals surface area contributed by atoms with E-state index in [1.807, 2.05) is 0 Å². The molecule has 110 valence electrons. The average Bonchev–Trinajstić information content (AvgIpc) is 2.46. The molecule has 3 nitrogen and oxygen atoms in total. The van der Waals surface area contributed by atoms with Crippen molar-refractivity contribution < 1.29 is 4.79 Å². The van der Waals surface area contributed by atoms with Crippen LogP contribution in [0.15, 0.2) is 24.3 Å². The molecule has 1 fully saturated rings. The lowest BCUT2D eigenvalue weighted by Crippen LogP contribution is -2.45. The van der Waals surface area contributed by atoms with E-state index in [9.17, 15) is 4.79 Å².